The Kier molecular flexibility index (Phi) is 3.24. The molecule has 0 amide bonds. The minimum Gasteiger partial charge on any atom is -0.343 e. The zero-order valence-electron chi connectivity index (χ0n) is 8.51. The summed E-state index contributed by atoms with van der Waals surface area (Å²) in [5, 5.41) is 0.631. The normalized spacial score (nSPS) is 16.4. The standard InChI is InChI=1S/C13H11ClOS/c1-16(15,12-5-3-2-4-6-12)13-9-7-11(14)8-10-13/h1-10,15H. The van der Waals surface area contributed by atoms with E-state index >= 15 is 0 Å². The fourth-order valence-electron chi connectivity index (χ4n) is 1.41. The molecule has 0 bridgehead atoms. The topological polar surface area (TPSA) is 20.2 Å². The summed E-state index contributed by atoms with van der Waals surface area (Å²) >= 11 is 5.79. The van der Waals surface area contributed by atoms with Gasteiger partial charge in [-0.15, -0.1) is 0 Å². The smallest absolute Gasteiger partial charge is 0.0470 e. The second kappa shape index (κ2) is 4.50. The van der Waals surface area contributed by atoms with Crippen molar-refractivity contribution in [1.82, 2.24) is 0 Å². The van der Waals surface area contributed by atoms with E-state index in [9.17, 15) is 4.55 Å². The predicted molar refractivity (Wildman–Crippen MR) is 68.9 cm³/mol. The van der Waals surface area contributed by atoms with Crippen LogP contribution in [0, 0.1) is 6.26 Å². The van der Waals surface area contributed by atoms with E-state index in [2.05, 4.69) is 0 Å². The van der Waals surface area contributed by atoms with Gasteiger partial charge in [-0.1, -0.05) is 40.1 Å². The van der Waals surface area contributed by atoms with Crippen LogP contribution in [-0.2, 0) is 0 Å². The molecule has 1 nitrogen and oxygen atoms in total. The highest BCUT2D eigenvalue weighted by Gasteiger charge is 2.19. The average molecular weight is 251 g/mol. The van der Waals surface area contributed by atoms with Crippen LogP contribution in [0.4, 0.5) is 0 Å². The first-order valence-electron chi connectivity index (χ1n) is 4.75. The highest BCUT2D eigenvalue weighted by molar-refractivity contribution is 8.30. The van der Waals surface area contributed by atoms with Crippen LogP contribution in [-0.4, -0.2) is 4.55 Å². The van der Waals surface area contributed by atoms with E-state index in [4.69, 9.17) is 17.9 Å². The summed E-state index contributed by atoms with van der Waals surface area (Å²) in [4.78, 5) is 1.43. The number of hydrogen-bond donors (Lipinski definition) is 1. The van der Waals surface area contributed by atoms with Gasteiger partial charge in [-0.05, 0) is 36.4 Å². The summed E-state index contributed by atoms with van der Waals surface area (Å²) in [5.74, 6) is 0. The first kappa shape index (κ1) is 11.5. The third-order valence-corrected chi connectivity index (χ3v) is 4.51. The van der Waals surface area contributed by atoms with Crippen molar-refractivity contribution in [2.75, 3.05) is 0 Å². The molecular weight excluding hydrogens is 240 g/mol. The maximum atomic E-state index is 10.4. The Labute approximate surface area is 102 Å². The molecule has 2 aromatic rings. The lowest BCUT2D eigenvalue weighted by Crippen LogP contribution is -1.95. The van der Waals surface area contributed by atoms with Gasteiger partial charge < -0.3 is 4.55 Å². The molecule has 0 fully saturated rings. The molecule has 2 rings (SSSR count). The van der Waals surface area contributed by atoms with Crippen LogP contribution in [0.15, 0.2) is 64.4 Å². The third kappa shape index (κ3) is 2.24. The minimum atomic E-state index is -2.41. The Hall–Kier alpha value is -0.960. The van der Waals surface area contributed by atoms with Crippen LogP contribution in [0.2, 0.25) is 5.02 Å². The lowest BCUT2D eigenvalue weighted by Gasteiger charge is -2.29. The molecule has 0 heterocycles. The van der Waals surface area contributed by atoms with Crippen LogP contribution in [0.3, 0.4) is 0 Å². The molecule has 1 unspecified atom stereocenters. The summed E-state index contributed by atoms with van der Waals surface area (Å²) in [5.41, 5.74) is 0. The molecule has 0 spiro atoms. The number of hydrogen-bond acceptors (Lipinski definition) is 1. The van der Waals surface area contributed by atoms with Gasteiger partial charge in [0.25, 0.3) is 0 Å². The van der Waals surface area contributed by atoms with E-state index in [1.54, 1.807) is 24.3 Å². The monoisotopic (exact) mass is 250 g/mol. The first-order valence-corrected chi connectivity index (χ1v) is 6.78. The number of halogens is 1. The van der Waals surface area contributed by atoms with Crippen LogP contribution >= 0.6 is 21.9 Å². The van der Waals surface area contributed by atoms with Gasteiger partial charge >= 0.3 is 0 Å². The van der Waals surface area contributed by atoms with Crippen LogP contribution in [0.25, 0.3) is 0 Å². The van der Waals surface area contributed by atoms with Crippen molar-refractivity contribution in [2.24, 2.45) is 0 Å². The van der Waals surface area contributed by atoms with Crippen molar-refractivity contribution in [3.63, 3.8) is 0 Å². The quantitative estimate of drug-likeness (QED) is 0.819. The molecule has 1 atom stereocenters. The highest BCUT2D eigenvalue weighted by Crippen LogP contribution is 2.57. The molecule has 82 valence electrons. The third-order valence-electron chi connectivity index (χ3n) is 2.28. The van der Waals surface area contributed by atoms with E-state index in [1.165, 1.54) is 0 Å². The zero-order chi connectivity index (χ0) is 11.6. The largest absolute Gasteiger partial charge is 0.343 e. The molecule has 0 aromatic heterocycles. The van der Waals surface area contributed by atoms with E-state index in [-0.39, 0.29) is 0 Å². The van der Waals surface area contributed by atoms with E-state index in [0.717, 1.165) is 4.90 Å². The molecule has 0 aliphatic rings. The SMILES string of the molecule is [CH]S(O)(c1ccccc1)c1ccc(Cl)cc1. The molecule has 2 radical (unpaired) electrons. The van der Waals surface area contributed by atoms with Gasteiger partial charge in [0.1, 0.15) is 0 Å². The van der Waals surface area contributed by atoms with Gasteiger partial charge in [0, 0.05) is 21.1 Å². The molecule has 16 heavy (non-hydrogen) atoms. The van der Waals surface area contributed by atoms with Crippen LogP contribution in [0.1, 0.15) is 0 Å². The number of benzene rings is 2. The minimum absolute atomic E-state index is 0.631. The van der Waals surface area contributed by atoms with E-state index in [1.807, 2.05) is 30.3 Å². The van der Waals surface area contributed by atoms with Crippen molar-refractivity contribution >= 4 is 21.9 Å². The predicted octanol–water partition coefficient (Wildman–Crippen LogP) is 4.70. The summed E-state index contributed by atoms with van der Waals surface area (Å²) < 4.78 is 10.4. The Balaban J connectivity index is 2.43. The molecule has 3 heteroatoms. The lowest BCUT2D eigenvalue weighted by atomic mass is 10.4. The Morgan fingerprint density at radius 2 is 1.38 bits per heavy atom. The van der Waals surface area contributed by atoms with Gasteiger partial charge in [0.15, 0.2) is 0 Å². The van der Waals surface area contributed by atoms with Gasteiger partial charge in [-0.2, -0.15) is 0 Å². The van der Waals surface area contributed by atoms with Crippen molar-refractivity contribution in [1.29, 1.82) is 0 Å². The maximum Gasteiger partial charge on any atom is 0.0470 e. The lowest BCUT2D eigenvalue weighted by molar-refractivity contribution is 0.633. The van der Waals surface area contributed by atoms with Crippen LogP contribution in [0.5, 0.6) is 0 Å². The Bertz CT molecular complexity index is 465. The molecule has 0 saturated heterocycles. The van der Waals surface area contributed by atoms with Crippen LogP contribution < -0.4 is 0 Å². The second-order valence-electron chi connectivity index (χ2n) is 3.39. The summed E-state index contributed by atoms with van der Waals surface area (Å²) in [7, 11) is -2.41. The summed E-state index contributed by atoms with van der Waals surface area (Å²) in [6.07, 6.45) is 6.01. The molecule has 0 saturated carbocycles. The summed E-state index contributed by atoms with van der Waals surface area (Å²) in [6.45, 7) is 0. The Morgan fingerprint density at radius 1 is 0.875 bits per heavy atom. The maximum absolute atomic E-state index is 10.4. The molecule has 2 aromatic carbocycles. The fraction of sp³-hybridized carbons (Fsp3) is 0. The van der Waals surface area contributed by atoms with Crippen molar-refractivity contribution < 1.29 is 4.55 Å². The molecule has 0 aliphatic heterocycles. The first-order chi connectivity index (χ1) is 7.60. The number of rotatable bonds is 2. The molecular formula is C13H11ClOS. The van der Waals surface area contributed by atoms with E-state index < -0.39 is 10.3 Å². The molecule has 1 N–H and O–H groups in total. The van der Waals surface area contributed by atoms with Crippen molar-refractivity contribution in [2.45, 2.75) is 9.79 Å². The van der Waals surface area contributed by atoms with Crippen molar-refractivity contribution in [3.05, 3.63) is 65.9 Å². The van der Waals surface area contributed by atoms with Gasteiger partial charge in [-0.3, -0.25) is 0 Å². The van der Waals surface area contributed by atoms with Gasteiger partial charge in [0.05, 0.1) is 0 Å². The molecule has 0 aliphatic carbocycles. The fourth-order valence-corrected chi connectivity index (χ4v) is 2.93. The summed E-state index contributed by atoms with van der Waals surface area (Å²) in [6, 6.07) is 16.2. The van der Waals surface area contributed by atoms with E-state index in [0.29, 0.717) is 9.92 Å². The highest BCUT2D eigenvalue weighted by atomic mass is 35.5. The zero-order valence-corrected chi connectivity index (χ0v) is 10.1. The van der Waals surface area contributed by atoms with Gasteiger partial charge in [0.2, 0.25) is 0 Å². The average Bonchev–Trinajstić information content (AvgIpc) is 2.31. The second-order valence-corrected chi connectivity index (χ2v) is 6.02. The van der Waals surface area contributed by atoms with Crippen molar-refractivity contribution in [3.8, 4) is 0 Å². The van der Waals surface area contributed by atoms with Gasteiger partial charge in [-0.25, -0.2) is 0 Å². The Morgan fingerprint density at radius 3 is 1.94 bits per heavy atom.